The fourth-order valence-electron chi connectivity index (χ4n) is 3.18. The number of anilines is 1. The van der Waals surface area contributed by atoms with E-state index >= 15 is 0 Å². The average Bonchev–Trinajstić information content (AvgIpc) is 3.03. The molecular formula is C20H23ClN2O3S. The van der Waals surface area contributed by atoms with Gasteiger partial charge >= 0.3 is 0 Å². The van der Waals surface area contributed by atoms with Crippen molar-refractivity contribution < 1.29 is 13.2 Å². The molecule has 3 rings (SSSR count). The third kappa shape index (κ3) is 4.69. The summed E-state index contributed by atoms with van der Waals surface area (Å²) < 4.78 is 27.4. The smallest absolute Gasteiger partial charge is 0.240 e. The Morgan fingerprint density at radius 3 is 2.70 bits per heavy atom. The highest BCUT2D eigenvalue weighted by Gasteiger charge is 2.25. The number of benzene rings is 2. The summed E-state index contributed by atoms with van der Waals surface area (Å²) in [6, 6.07) is 11.9. The van der Waals surface area contributed by atoms with E-state index in [-0.39, 0.29) is 17.3 Å². The Bertz CT molecular complexity index is 957. The van der Waals surface area contributed by atoms with Gasteiger partial charge in [0.25, 0.3) is 0 Å². The summed E-state index contributed by atoms with van der Waals surface area (Å²) in [6.07, 6.45) is 1.31. The van der Waals surface area contributed by atoms with Crippen LogP contribution in [0.25, 0.3) is 0 Å². The first kappa shape index (κ1) is 19.9. The van der Waals surface area contributed by atoms with Gasteiger partial charge < -0.3 is 4.90 Å². The first-order chi connectivity index (χ1) is 12.8. The van der Waals surface area contributed by atoms with Crippen LogP contribution < -0.4 is 9.62 Å². The predicted molar refractivity (Wildman–Crippen MR) is 107 cm³/mol. The molecule has 0 aliphatic carbocycles. The van der Waals surface area contributed by atoms with Gasteiger partial charge in [-0.2, -0.15) is 0 Å². The number of hydrogen-bond donors (Lipinski definition) is 1. The fourth-order valence-corrected chi connectivity index (χ4v) is 4.50. The molecule has 0 aromatic heterocycles. The quantitative estimate of drug-likeness (QED) is 0.794. The molecule has 2 aromatic carbocycles. The number of rotatable bonds is 6. The van der Waals surface area contributed by atoms with Crippen molar-refractivity contribution in [3.05, 3.63) is 58.6 Å². The Labute approximate surface area is 165 Å². The molecule has 144 valence electrons. The number of nitrogens with one attached hydrogen (secondary N) is 1. The van der Waals surface area contributed by atoms with Crippen molar-refractivity contribution in [2.24, 2.45) is 5.92 Å². The van der Waals surface area contributed by atoms with Crippen LogP contribution in [0.15, 0.2) is 47.4 Å². The topological polar surface area (TPSA) is 66.5 Å². The summed E-state index contributed by atoms with van der Waals surface area (Å²) in [5, 5.41) is 0.376. The second-order valence-corrected chi connectivity index (χ2v) is 9.34. The minimum Gasteiger partial charge on any atom is -0.312 e. The van der Waals surface area contributed by atoms with Gasteiger partial charge in [-0.15, -0.1) is 0 Å². The van der Waals surface area contributed by atoms with Crippen LogP contribution in [0.5, 0.6) is 0 Å². The third-order valence-corrected chi connectivity index (χ3v) is 6.13. The Kier molecular flexibility index (Phi) is 5.89. The van der Waals surface area contributed by atoms with E-state index in [9.17, 15) is 13.2 Å². The van der Waals surface area contributed by atoms with Crippen molar-refractivity contribution in [1.82, 2.24) is 4.72 Å². The molecule has 1 N–H and O–H groups in total. The third-order valence-electron chi connectivity index (χ3n) is 4.50. The lowest BCUT2D eigenvalue weighted by atomic mass is 10.1. The maximum absolute atomic E-state index is 12.4. The van der Waals surface area contributed by atoms with E-state index in [0.717, 1.165) is 23.2 Å². The van der Waals surface area contributed by atoms with E-state index in [1.165, 1.54) is 12.1 Å². The van der Waals surface area contributed by atoms with Crippen LogP contribution in [0, 0.1) is 5.92 Å². The Hall–Kier alpha value is -1.89. The van der Waals surface area contributed by atoms with E-state index < -0.39 is 10.0 Å². The van der Waals surface area contributed by atoms with E-state index in [0.29, 0.717) is 23.9 Å². The molecule has 1 aliphatic heterocycles. The van der Waals surface area contributed by atoms with Gasteiger partial charge in [-0.3, -0.25) is 4.79 Å². The molecular weight excluding hydrogens is 384 g/mol. The van der Waals surface area contributed by atoms with Crippen LogP contribution in [-0.4, -0.2) is 20.9 Å². The number of sulfonamides is 1. The maximum atomic E-state index is 12.4. The first-order valence-electron chi connectivity index (χ1n) is 8.93. The van der Waals surface area contributed by atoms with E-state index in [4.69, 9.17) is 11.6 Å². The Balaban J connectivity index is 1.71. The number of fused-ring (bicyclic) bond motifs is 1. The lowest BCUT2D eigenvalue weighted by molar-refractivity contribution is -0.119. The number of amides is 1. The molecule has 5 nitrogen and oxygen atoms in total. The van der Waals surface area contributed by atoms with Crippen molar-refractivity contribution in [1.29, 1.82) is 0 Å². The highest BCUT2D eigenvalue weighted by molar-refractivity contribution is 7.89. The summed E-state index contributed by atoms with van der Waals surface area (Å²) in [4.78, 5) is 14.3. The van der Waals surface area contributed by atoms with Crippen molar-refractivity contribution in [3.8, 4) is 0 Å². The molecule has 1 heterocycles. The number of hydrogen-bond acceptors (Lipinski definition) is 3. The standard InChI is InChI=1S/C20H23ClN2O3S/c1-14(2)10-20(24)23-9-8-16-11-15(6-7-19(16)23)13-22-27(25,26)18-5-3-4-17(21)12-18/h3-7,11-12,14,22H,8-10,13H2,1-2H3. The molecule has 1 aliphatic rings. The monoisotopic (exact) mass is 406 g/mol. The Morgan fingerprint density at radius 2 is 2.00 bits per heavy atom. The van der Waals surface area contributed by atoms with Gasteiger partial charge in [0.05, 0.1) is 4.90 Å². The maximum Gasteiger partial charge on any atom is 0.240 e. The molecule has 0 radical (unpaired) electrons. The normalized spacial score (nSPS) is 13.9. The number of halogens is 1. The Morgan fingerprint density at radius 1 is 1.22 bits per heavy atom. The summed E-state index contributed by atoms with van der Waals surface area (Å²) in [5.41, 5.74) is 2.87. The van der Waals surface area contributed by atoms with Crippen molar-refractivity contribution >= 4 is 33.2 Å². The number of carbonyl (C=O) groups excluding carboxylic acids is 1. The van der Waals surface area contributed by atoms with Crippen LogP contribution in [0.4, 0.5) is 5.69 Å². The molecule has 0 fully saturated rings. The van der Waals surface area contributed by atoms with Crippen molar-refractivity contribution in [2.45, 2.75) is 38.1 Å². The van der Waals surface area contributed by atoms with Gasteiger partial charge in [0.2, 0.25) is 15.9 Å². The number of nitrogens with zero attached hydrogens (tertiary/aromatic N) is 1. The van der Waals surface area contributed by atoms with Gasteiger partial charge in [0.15, 0.2) is 0 Å². The van der Waals surface area contributed by atoms with E-state index in [1.807, 2.05) is 36.9 Å². The first-order valence-corrected chi connectivity index (χ1v) is 10.8. The lowest BCUT2D eigenvalue weighted by Crippen LogP contribution is -2.29. The predicted octanol–water partition coefficient (Wildman–Crippen LogP) is 3.75. The molecule has 7 heteroatoms. The average molecular weight is 407 g/mol. The SMILES string of the molecule is CC(C)CC(=O)N1CCc2cc(CNS(=O)(=O)c3cccc(Cl)c3)ccc21. The van der Waals surface area contributed by atoms with Gasteiger partial charge in [-0.1, -0.05) is 43.6 Å². The second kappa shape index (κ2) is 8.00. The molecule has 0 bridgehead atoms. The van der Waals surface area contributed by atoms with Crippen LogP contribution in [0.2, 0.25) is 5.02 Å². The summed E-state index contributed by atoms with van der Waals surface area (Å²) in [6.45, 7) is 4.93. The highest BCUT2D eigenvalue weighted by atomic mass is 35.5. The lowest BCUT2D eigenvalue weighted by Gasteiger charge is -2.18. The van der Waals surface area contributed by atoms with Crippen molar-refractivity contribution in [2.75, 3.05) is 11.4 Å². The van der Waals surface area contributed by atoms with E-state index in [2.05, 4.69) is 4.72 Å². The zero-order valence-electron chi connectivity index (χ0n) is 15.4. The second-order valence-electron chi connectivity index (χ2n) is 7.14. The summed E-state index contributed by atoms with van der Waals surface area (Å²) in [7, 11) is -3.63. The van der Waals surface area contributed by atoms with Gasteiger partial charge in [-0.25, -0.2) is 13.1 Å². The molecule has 1 amide bonds. The van der Waals surface area contributed by atoms with E-state index in [1.54, 1.807) is 12.1 Å². The molecule has 0 saturated heterocycles. The van der Waals surface area contributed by atoms with Gasteiger partial charge in [0, 0.05) is 30.2 Å². The molecule has 0 spiro atoms. The van der Waals surface area contributed by atoms with Crippen LogP contribution >= 0.6 is 11.6 Å². The minimum atomic E-state index is -3.63. The fraction of sp³-hybridized carbons (Fsp3) is 0.350. The van der Waals surface area contributed by atoms with Crippen LogP contribution in [-0.2, 0) is 27.8 Å². The number of carbonyl (C=O) groups is 1. The van der Waals surface area contributed by atoms with Crippen LogP contribution in [0.3, 0.4) is 0 Å². The largest absolute Gasteiger partial charge is 0.312 e. The highest BCUT2D eigenvalue weighted by Crippen LogP contribution is 2.30. The van der Waals surface area contributed by atoms with Crippen LogP contribution in [0.1, 0.15) is 31.4 Å². The molecule has 0 saturated carbocycles. The minimum absolute atomic E-state index is 0.137. The molecule has 0 atom stereocenters. The zero-order chi connectivity index (χ0) is 19.6. The molecule has 2 aromatic rings. The summed E-state index contributed by atoms with van der Waals surface area (Å²) in [5.74, 6) is 0.458. The molecule has 0 unspecified atom stereocenters. The van der Waals surface area contributed by atoms with Crippen molar-refractivity contribution in [3.63, 3.8) is 0 Å². The van der Waals surface area contributed by atoms with Gasteiger partial charge in [-0.05, 0) is 47.7 Å². The molecule has 27 heavy (non-hydrogen) atoms. The van der Waals surface area contributed by atoms with Gasteiger partial charge in [0.1, 0.15) is 0 Å². The zero-order valence-corrected chi connectivity index (χ0v) is 17.0. The summed E-state index contributed by atoms with van der Waals surface area (Å²) >= 11 is 5.88.